The van der Waals surface area contributed by atoms with Crippen molar-refractivity contribution in [2.45, 2.75) is 19.4 Å². The minimum absolute atomic E-state index is 0.0514. The molecule has 2 aromatic heterocycles. The number of fused-ring (bicyclic) bond motifs is 1. The lowest BCUT2D eigenvalue weighted by Crippen LogP contribution is -2.47. The third kappa shape index (κ3) is 2.34. The molecular formula is C13H15N3O3S. The second-order valence-corrected chi connectivity index (χ2v) is 5.69. The summed E-state index contributed by atoms with van der Waals surface area (Å²) in [6, 6.07) is -0.179. The number of morpholine rings is 1. The second kappa shape index (κ2) is 5.34. The van der Waals surface area contributed by atoms with Gasteiger partial charge in [-0.1, -0.05) is 0 Å². The van der Waals surface area contributed by atoms with Gasteiger partial charge in [0.1, 0.15) is 12.1 Å². The second-order valence-electron chi connectivity index (χ2n) is 4.81. The molecule has 6 nitrogen and oxygen atoms in total. The van der Waals surface area contributed by atoms with Crippen molar-refractivity contribution in [2.75, 3.05) is 24.7 Å². The third-order valence-electron chi connectivity index (χ3n) is 3.42. The van der Waals surface area contributed by atoms with Crippen LogP contribution in [0.4, 0.5) is 5.82 Å². The molecule has 3 heterocycles. The molecule has 0 amide bonds. The zero-order chi connectivity index (χ0) is 14.1. The average molecular weight is 293 g/mol. The van der Waals surface area contributed by atoms with Gasteiger partial charge in [-0.15, -0.1) is 11.3 Å². The fraction of sp³-hybridized carbons (Fsp3) is 0.462. The summed E-state index contributed by atoms with van der Waals surface area (Å²) < 4.78 is 6.42. The molecule has 0 radical (unpaired) electrons. The Morgan fingerprint density at radius 1 is 1.60 bits per heavy atom. The van der Waals surface area contributed by atoms with Gasteiger partial charge in [-0.05, 0) is 17.9 Å². The van der Waals surface area contributed by atoms with E-state index in [1.54, 1.807) is 17.7 Å². The highest BCUT2D eigenvalue weighted by molar-refractivity contribution is 7.18. The number of anilines is 1. The summed E-state index contributed by atoms with van der Waals surface area (Å²) in [5.74, 6) is 0.000750. The number of nitrogens with zero attached hydrogens (tertiary/aromatic N) is 3. The molecule has 0 bridgehead atoms. The van der Waals surface area contributed by atoms with Gasteiger partial charge in [0.05, 0.1) is 35.9 Å². The molecule has 1 saturated heterocycles. The molecule has 1 atom stereocenters. The van der Waals surface area contributed by atoms with Crippen LogP contribution in [0.25, 0.3) is 10.2 Å². The third-order valence-corrected chi connectivity index (χ3v) is 4.50. The number of carbonyl (C=O) groups is 1. The van der Waals surface area contributed by atoms with E-state index < -0.39 is 5.97 Å². The van der Waals surface area contributed by atoms with Crippen LogP contribution in [-0.2, 0) is 9.53 Å². The molecule has 1 unspecified atom stereocenters. The van der Waals surface area contributed by atoms with E-state index in [0.29, 0.717) is 19.8 Å². The van der Waals surface area contributed by atoms with Crippen molar-refractivity contribution in [2.24, 2.45) is 0 Å². The zero-order valence-corrected chi connectivity index (χ0v) is 11.9. The van der Waals surface area contributed by atoms with Crippen LogP contribution < -0.4 is 4.90 Å². The van der Waals surface area contributed by atoms with Gasteiger partial charge in [-0.25, -0.2) is 9.97 Å². The van der Waals surface area contributed by atoms with Crippen molar-refractivity contribution in [3.8, 4) is 0 Å². The van der Waals surface area contributed by atoms with E-state index in [0.717, 1.165) is 21.6 Å². The number of carboxylic acid groups (broad SMARTS) is 1. The topological polar surface area (TPSA) is 75.5 Å². The number of aryl methyl sites for hydroxylation is 1. The maximum absolute atomic E-state index is 11.0. The number of carboxylic acids is 1. The molecule has 7 heteroatoms. The number of aliphatic carboxylic acids is 1. The van der Waals surface area contributed by atoms with E-state index in [9.17, 15) is 4.79 Å². The molecule has 20 heavy (non-hydrogen) atoms. The largest absolute Gasteiger partial charge is 0.481 e. The minimum atomic E-state index is -0.821. The first-order chi connectivity index (χ1) is 9.66. The Balaban J connectivity index is 2.01. The summed E-state index contributed by atoms with van der Waals surface area (Å²) in [5, 5.41) is 11.1. The average Bonchev–Trinajstić information content (AvgIpc) is 2.81. The Morgan fingerprint density at radius 2 is 2.45 bits per heavy atom. The van der Waals surface area contributed by atoms with E-state index in [-0.39, 0.29) is 12.5 Å². The fourth-order valence-electron chi connectivity index (χ4n) is 2.47. The molecule has 1 aliphatic heterocycles. The SMILES string of the molecule is Cc1csc2c(N3CCOCC3CC(=O)O)ncnc12. The van der Waals surface area contributed by atoms with Crippen LogP contribution in [0.1, 0.15) is 12.0 Å². The number of hydrogen-bond acceptors (Lipinski definition) is 6. The van der Waals surface area contributed by atoms with Gasteiger partial charge in [0.15, 0.2) is 0 Å². The number of thiophene rings is 1. The van der Waals surface area contributed by atoms with E-state index >= 15 is 0 Å². The van der Waals surface area contributed by atoms with Crippen molar-refractivity contribution in [3.05, 3.63) is 17.3 Å². The number of rotatable bonds is 3. The Hall–Kier alpha value is -1.73. The molecule has 1 N–H and O–H groups in total. The van der Waals surface area contributed by atoms with Gasteiger partial charge in [0, 0.05) is 6.54 Å². The van der Waals surface area contributed by atoms with Crippen molar-refractivity contribution in [1.29, 1.82) is 0 Å². The highest BCUT2D eigenvalue weighted by atomic mass is 32.1. The molecule has 0 aromatic carbocycles. The normalized spacial score (nSPS) is 19.4. The zero-order valence-electron chi connectivity index (χ0n) is 11.1. The van der Waals surface area contributed by atoms with Gasteiger partial charge in [0.25, 0.3) is 0 Å². The first-order valence-corrected chi connectivity index (χ1v) is 7.29. The van der Waals surface area contributed by atoms with E-state index in [1.807, 2.05) is 11.8 Å². The maximum atomic E-state index is 11.0. The van der Waals surface area contributed by atoms with E-state index in [4.69, 9.17) is 9.84 Å². The first-order valence-electron chi connectivity index (χ1n) is 6.42. The van der Waals surface area contributed by atoms with Crippen LogP contribution >= 0.6 is 11.3 Å². The van der Waals surface area contributed by atoms with Gasteiger partial charge in [-0.2, -0.15) is 0 Å². The van der Waals surface area contributed by atoms with Crippen molar-refractivity contribution < 1.29 is 14.6 Å². The van der Waals surface area contributed by atoms with Crippen LogP contribution in [0.5, 0.6) is 0 Å². The standard InChI is InChI=1S/C13H15N3O3S/c1-8-6-20-12-11(8)14-7-15-13(12)16-2-3-19-5-9(16)4-10(17)18/h6-7,9H,2-5H2,1H3,(H,17,18). The summed E-state index contributed by atoms with van der Waals surface area (Å²) in [5.41, 5.74) is 2.07. The Bertz CT molecular complexity index is 643. The Morgan fingerprint density at radius 3 is 3.25 bits per heavy atom. The van der Waals surface area contributed by atoms with Crippen molar-refractivity contribution >= 4 is 33.3 Å². The summed E-state index contributed by atoms with van der Waals surface area (Å²) in [6.07, 6.45) is 1.60. The monoisotopic (exact) mass is 293 g/mol. The predicted molar refractivity (Wildman–Crippen MR) is 76.4 cm³/mol. The van der Waals surface area contributed by atoms with Crippen LogP contribution in [-0.4, -0.2) is 46.8 Å². The maximum Gasteiger partial charge on any atom is 0.305 e. The molecule has 1 aliphatic rings. The summed E-state index contributed by atoms with van der Waals surface area (Å²) in [7, 11) is 0. The number of aromatic nitrogens is 2. The van der Waals surface area contributed by atoms with Crippen LogP contribution in [0.3, 0.4) is 0 Å². The van der Waals surface area contributed by atoms with E-state index in [2.05, 4.69) is 15.3 Å². The molecule has 0 spiro atoms. The van der Waals surface area contributed by atoms with Crippen LogP contribution in [0, 0.1) is 6.92 Å². The summed E-state index contributed by atoms with van der Waals surface area (Å²) in [4.78, 5) is 21.7. The quantitative estimate of drug-likeness (QED) is 0.928. The lowest BCUT2D eigenvalue weighted by atomic mass is 10.1. The number of hydrogen-bond donors (Lipinski definition) is 1. The first kappa shape index (κ1) is 13.3. The number of ether oxygens (including phenoxy) is 1. The molecule has 2 aromatic rings. The smallest absolute Gasteiger partial charge is 0.305 e. The predicted octanol–water partition coefficient (Wildman–Crippen LogP) is 1.68. The van der Waals surface area contributed by atoms with Gasteiger partial charge in [-0.3, -0.25) is 4.79 Å². The van der Waals surface area contributed by atoms with Crippen LogP contribution in [0.2, 0.25) is 0 Å². The fourth-order valence-corrected chi connectivity index (χ4v) is 3.47. The van der Waals surface area contributed by atoms with E-state index in [1.165, 1.54) is 0 Å². The molecular weight excluding hydrogens is 278 g/mol. The molecule has 0 saturated carbocycles. The molecule has 3 rings (SSSR count). The minimum Gasteiger partial charge on any atom is -0.481 e. The van der Waals surface area contributed by atoms with Crippen molar-refractivity contribution in [1.82, 2.24) is 9.97 Å². The molecule has 0 aliphatic carbocycles. The summed E-state index contributed by atoms with van der Waals surface area (Å²) in [6.45, 7) is 3.68. The van der Waals surface area contributed by atoms with Gasteiger partial charge in [0.2, 0.25) is 0 Å². The molecule has 1 fully saturated rings. The van der Waals surface area contributed by atoms with Gasteiger partial charge < -0.3 is 14.7 Å². The lowest BCUT2D eigenvalue weighted by molar-refractivity contribution is -0.138. The Kier molecular flexibility index (Phi) is 3.54. The molecule has 106 valence electrons. The van der Waals surface area contributed by atoms with Crippen LogP contribution in [0.15, 0.2) is 11.7 Å². The summed E-state index contributed by atoms with van der Waals surface area (Å²) >= 11 is 1.60. The Labute approximate surface area is 120 Å². The van der Waals surface area contributed by atoms with Gasteiger partial charge >= 0.3 is 5.97 Å². The van der Waals surface area contributed by atoms with Crippen molar-refractivity contribution in [3.63, 3.8) is 0 Å². The highest BCUT2D eigenvalue weighted by Crippen LogP contribution is 2.32. The lowest BCUT2D eigenvalue weighted by Gasteiger charge is -2.35. The highest BCUT2D eigenvalue weighted by Gasteiger charge is 2.28.